The molecule has 0 aliphatic rings. The van der Waals surface area contributed by atoms with Crippen LogP contribution < -0.4 is 11.5 Å². The number of thiol groups is 1. The van der Waals surface area contributed by atoms with E-state index in [0.717, 1.165) is 36.8 Å². The van der Waals surface area contributed by atoms with Gasteiger partial charge in [-0.15, -0.1) is 0 Å². The Morgan fingerprint density at radius 3 is 0.917 bits per heavy atom. The standard InChI is InChI=1S/C33H25Br.C33H26S.CH4N2S/c2*34-21-7-8-23-15-17-25(18-16-23)32-28-11-3-5-13-30(28)33(31-14-6-4-12-29(31)32)27-20-19-24-9-1-2-10-26(24)22-27;2-1(3)4/h1-6,9-20,22H,7-8,21H2;1-6,9-20,22,34H,7-8,21H2;(H4,2,3,4). The lowest BCUT2D eigenvalue weighted by molar-refractivity contribution is 0.936. The Morgan fingerprint density at radius 1 is 0.347 bits per heavy atom. The maximum absolute atomic E-state index is 4.62. The molecule has 0 bridgehead atoms. The summed E-state index contributed by atoms with van der Waals surface area (Å²) in [6, 6.07) is 84.7. The van der Waals surface area contributed by atoms with Gasteiger partial charge in [0.1, 0.15) is 0 Å². The molecule has 0 amide bonds. The van der Waals surface area contributed by atoms with Gasteiger partial charge in [-0.1, -0.05) is 234 Å². The average Bonchev–Trinajstić information content (AvgIpc) is 3.42. The van der Waals surface area contributed by atoms with Gasteiger partial charge in [0.05, 0.1) is 0 Å². The van der Waals surface area contributed by atoms with Gasteiger partial charge in [-0.05, 0) is 176 Å². The second-order valence-electron chi connectivity index (χ2n) is 18.2. The number of aryl methyl sites for hydroxylation is 2. The number of rotatable bonds is 10. The van der Waals surface area contributed by atoms with Gasteiger partial charge in [-0.25, -0.2) is 0 Å². The minimum absolute atomic E-state index is 0.000000000000000222. The van der Waals surface area contributed by atoms with Crippen LogP contribution in [0.2, 0.25) is 0 Å². The van der Waals surface area contributed by atoms with Crippen LogP contribution in [0.3, 0.4) is 0 Å². The van der Waals surface area contributed by atoms with Crippen LogP contribution in [0.15, 0.2) is 231 Å². The highest BCUT2D eigenvalue weighted by atomic mass is 79.9. The van der Waals surface area contributed by atoms with Crippen molar-refractivity contribution in [3.8, 4) is 44.5 Å². The molecular formula is C67H55BrN2S2. The van der Waals surface area contributed by atoms with Crippen LogP contribution in [0.1, 0.15) is 24.0 Å². The predicted molar refractivity (Wildman–Crippen MR) is 325 cm³/mol. The molecule has 0 saturated heterocycles. The fraction of sp³-hybridized carbons (Fsp3) is 0.0896. The Kier molecular flexibility index (Phi) is 15.1. The van der Waals surface area contributed by atoms with Gasteiger partial charge >= 0.3 is 0 Å². The zero-order chi connectivity index (χ0) is 49.4. The van der Waals surface area contributed by atoms with Gasteiger partial charge in [-0.2, -0.15) is 12.6 Å². The molecule has 352 valence electrons. The van der Waals surface area contributed by atoms with E-state index < -0.39 is 0 Å². The van der Waals surface area contributed by atoms with Crippen molar-refractivity contribution in [1.82, 2.24) is 0 Å². The highest BCUT2D eigenvalue weighted by Crippen LogP contribution is 2.46. The van der Waals surface area contributed by atoms with Crippen LogP contribution in [0.5, 0.6) is 0 Å². The lowest BCUT2D eigenvalue weighted by Gasteiger charge is -2.18. The van der Waals surface area contributed by atoms with Crippen LogP contribution in [0.4, 0.5) is 0 Å². The van der Waals surface area contributed by atoms with E-state index in [1.165, 1.54) is 120 Å². The predicted octanol–water partition coefficient (Wildman–Crippen LogP) is 18.3. The number of hydrogen-bond donors (Lipinski definition) is 3. The van der Waals surface area contributed by atoms with Crippen LogP contribution in [0.25, 0.3) is 109 Å². The lowest BCUT2D eigenvalue weighted by atomic mass is 9.85. The second-order valence-corrected chi connectivity index (χ2v) is 19.9. The van der Waals surface area contributed by atoms with Crippen LogP contribution >= 0.6 is 40.8 Å². The van der Waals surface area contributed by atoms with Crippen molar-refractivity contribution in [2.24, 2.45) is 11.5 Å². The van der Waals surface area contributed by atoms with E-state index in [1.54, 1.807) is 0 Å². The molecule has 12 aromatic rings. The molecule has 0 aromatic heterocycles. The monoisotopic (exact) mass is 1030 g/mol. The number of benzene rings is 12. The summed E-state index contributed by atoms with van der Waals surface area (Å²) in [5.41, 5.74) is 22.4. The Bertz CT molecular complexity index is 3520. The number of thiocarbonyl (C=S) groups is 1. The number of hydrogen-bond acceptors (Lipinski definition) is 2. The Labute approximate surface area is 441 Å². The van der Waals surface area contributed by atoms with E-state index in [-0.39, 0.29) is 5.11 Å². The molecule has 0 fully saturated rings. The zero-order valence-corrected chi connectivity index (χ0v) is 43.4. The highest BCUT2D eigenvalue weighted by Gasteiger charge is 2.18. The van der Waals surface area contributed by atoms with Crippen LogP contribution in [-0.4, -0.2) is 16.2 Å². The third kappa shape index (κ3) is 10.2. The smallest absolute Gasteiger partial charge is 0.160 e. The molecule has 72 heavy (non-hydrogen) atoms. The summed E-state index contributed by atoms with van der Waals surface area (Å²) in [5.74, 6) is 0.924. The molecule has 0 heterocycles. The molecule has 0 saturated carbocycles. The number of nitrogens with two attached hydrogens (primary N) is 2. The number of halogens is 1. The van der Waals surface area contributed by atoms with Crippen molar-refractivity contribution in [2.45, 2.75) is 25.7 Å². The van der Waals surface area contributed by atoms with E-state index in [1.807, 2.05) is 0 Å². The summed E-state index contributed by atoms with van der Waals surface area (Å²) < 4.78 is 0. The molecule has 5 heteroatoms. The Hall–Kier alpha value is -7.28. The quantitative estimate of drug-likeness (QED) is 0.0554. The summed E-state index contributed by atoms with van der Waals surface area (Å²) in [6.07, 6.45) is 4.44. The molecule has 12 rings (SSSR count). The zero-order valence-electron chi connectivity index (χ0n) is 40.1. The van der Waals surface area contributed by atoms with Gasteiger partial charge < -0.3 is 11.5 Å². The van der Waals surface area contributed by atoms with Crippen LogP contribution in [-0.2, 0) is 12.8 Å². The summed E-state index contributed by atoms with van der Waals surface area (Å²) in [7, 11) is 0. The minimum Gasteiger partial charge on any atom is -0.377 e. The largest absolute Gasteiger partial charge is 0.377 e. The summed E-state index contributed by atoms with van der Waals surface area (Å²) in [4.78, 5) is 0. The maximum Gasteiger partial charge on any atom is 0.160 e. The third-order valence-electron chi connectivity index (χ3n) is 13.6. The molecule has 0 spiro atoms. The van der Waals surface area contributed by atoms with Crippen molar-refractivity contribution in [1.29, 1.82) is 0 Å². The first-order chi connectivity index (χ1) is 35.4. The Morgan fingerprint density at radius 2 is 0.611 bits per heavy atom. The van der Waals surface area contributed by atoms with Crippen molar-refractivity contribution in [3.05, 3.63) is 242 Å². The molecule has 2 nitrogen and oxygen atoms in total. The van der Waals surface area contributed by atoms with E-state index in [4.69, 9.17) is 0 Å². The topological polar surface area (TPSA) is 52.0 Å². The molecule has 0 atom stereocenters. The first-order valence-corrected chi connectivity index (χ1v) is 26.8. The van der Waals surface area contributed by atoms with Gasteiger partial charge in [0.2, 0.25) is 0 Å². The second kappa shape index (κ2) is 22.4. The molecule has 0 unspecified atom stereocenters. The first kappa shape index (κ1) is 48.4. The van der Waals surface area contributed by atoms with Crippen molar-refractivity contribution < 1.29 is 0 Å². The average molecular weight is 1030 g/mol. The summed E-state index contributed by atoms with van der Waals surface area (Å²) in [6.45, 7) is 0. The SMILES string of the molecule is BrCCCc1ccc(-c2c3ccccc3c(-c3ccc4ccccc4c3)c3ccccc23)cc1.NC(N)=S.SCCCc1ccc(-c2c3ccccc3c(-c3ccc4ccccc4c3)c3ccccc23)cc1. The van der Waals surface area contributed by atoms with Gasteiger partial charge in [-0.3, -0.25) is 0 Å². The van der Waals surface area contributed by atoms with Crippen molar-refractivity contribution >= 4 is 111 Å². The summed E-state index contributed by atoms with van der Waals surface area (Å²) >= 11 is 12.0. The molecule has 12 aromatic carbocycles. The van der Waals surface area contributed by atoms with Gasteiger partial charge in [0.15, 0.2) is 5.11 Å². The third-order valence-corrected chi connectivity index (χ3v) is 14.5. The van der Waals surface area contributed by atoms with E-state index >= 15 is 0 Å². The van der Waals surface area contributed by atoms with Gasteiger partial charge in [0, 0.05) is 5.33 Å². The molecule has 0 aliphatic heterocycles. The molecule has 4 N–H and O–H groups in total. The molecule has 0 radical (unpaired) electrons. The molecule has 0 aliphatic carbocycles. The van der Waals surface area contributed by atoms with Gasteiger partial charge in [0.25, 0.3) is 0 Å². The van der Waals surface area contributed by atoms with E-state index in [0.29, 0.717) is 0 Å². The summed E-state index contributed by atoms with van der Waals surface area (Å²) in [5, 5.41) is 16.5. The highest BCUT2D eigenvalue weighted by molar-refractivity contribution is 9.09. The normalized spacial score (nSPS) is 11.1. The fourth-order valence-corrected chi connectivity index (χ4v) is 10.9. The maximum atomic E-state index is 4.62. The van der Waals surface area contributed by atoms with Crippen molar-refractivity contribution in [3.63, 3.8) is 0 Å². The number of alkyl halides is 1. The first-order valence-electron chi connectivity index (χ1n) is 24.7. The fourth-order valence-electron chi connectivity index (χ4n) is 10.4. The Balaban J connectivity index is 0.000000154. The van der Waals surface area contributed by atoms with Crippen LogP contribution in [0, 0.1) is 0 Å². The van der Waals surface area contributed by atoms with E-state index in [2.05, 4.69) is 283 Å². The number of fused-ring (bicyclic) bond motifs is 6. The lowest BCUT2D eigenvalue weighted by Crippen LogP contribution is -2.18. The molecular weight excluding hydrogens is 977 g/mol. The minimum atomic E-state index is 0.000000000000000222. The van der Waals surface area contributed by atoms with Crippen molar-refractivity contribution in [2.75, 3.05) is 11.1 Å². The van der Waals surface area contributed by atoms with E-state index in [9.17, 15) is 0 Å².